The Balaban J connectivity index is 1.49. The molecule has 152 valence electrons. The quantitative estimate of drug-likeness (QED) is 0.443. The maximum Gasteiger partial charge on any atom is 0.300 e. The SMILES string of the molecule is CC#CC(=O)Nc1ccc2ncnc(Nc3ccc(OCc4ccccc4)cc3)c2c1. The molecule has 0 unspecified atom stereocenters. The van der Waals surface area contributed by atoms with Crippen LogP contribution in [0.25, 0.3) is 10.9 Å². The molecule has 1 aromatic heterocycles. The predicted octanol–water partition coefficient (Wildman–Crippen LogP) is 4.91. The summed E-state index contributed by atoms with van der Waals surface area (Å²) in [5.41, 5.74) is 3.37. The number of nitrogens with one attached hydrogen (secondary N) is 2. The van der Waals surface area contributed by atoms with Crippen molar-refractivity contribution >= 4 is 34.0 Å². The second-order valence-corrected chi connectivity index (χ2v) is 6.71. The predicted molar refractivity (Wildman–Crippen MR) is 122 cm³/mol. The molecule has 0 bridgehead atoms. The fraction of sp³-hybridized carbons (Fsp3) is 0.0800. The first-order valence-corrected chi connectivity index (χ1v) is 9.73. The van der Waals surface area contributed by atoms with E-state index < -0.39 is 0 Å². The molecule has 0 saturated carbocycles. The highest BCUT2D eigenvalue weighted by Crippen LogP contribution is 2.27. The Kier molecular flexibility index (Phi) is 6.05. The van der Waals surface area contributed by atoms with Crippen molar-refractivity contribution < 1.29 is 9.53 Å². The molecule has 0 saturated heterocycles. The maximum atomic E-state index is 11.8. The normalized spacial score (nSPS) is 10.1. The summed E-state index contributed by atoms with van der Waals surface area (Å²) >= 11 is 0. The highest BCUT2D eigenvalue weighted by Gasteiger charge is 2.07. The fourth-order valence-electron chi connectivity index (χ4n) is 3.02. The van der Waals surface area contributed by atoms with E-state index in [4.69, 9.17) is 4.74 Å². The Morgan fingerprint density at radius 3 is 2.52 bits per heavy atom. The lowest BCUT2D eigenvalue weighted by molar-refractivity contribution is -0.111. The largest absolute Gasteiger partial charge is 0.489 e. The lowest BCUT2D eigenvalue weighted by Crippen LogP contribution is -2.08. The summed E-state index contributed by atoms with van der Waals surface area (Å²) in [7, 11) is 0. The summed E-state index contributed by atoms with van der Waals surface area (Å²) < 4.78 is 5.84. The smallest absolute Gasteiger partial charge is 0.300 e. The third-order valence-electron chi connectivity index (χ3n) is 4.50. The maximum absolute atomic E-state index is 11.8. The molecule has 3 aromatic carbocycles. The zero-order valence-corrected chi connectivity index (χ0v) is 16.9. The number of fused-ring (bicyclic) bond motifs is 1. The van der Waals surface area contributed by atoms with Gasteiger partial charge in [-0.3, -0.25) is 4.79 Å². The summed E-state index contributed by atoms with van der Waals surface area (Å²) in [6, 6.07) is 23.1. The highest BCUT2D eigenvalue weighted by molar-refractivity contribution is 6.05. The van der Waals surface area contributed by atoms with E-state index in [-0.39, 0.29) is 5.91 Å². The van der Waals surface area contributed by atoms with Gasteiger partial charge in [-0.1, -0.05) is 36.3 Å². The van der Waals surface area contributed by atoms with Crippen molar-refractivity contribution in [2.45, 2.75) is 13.5 Å². The Bertz CT molecular complexity index is 1260. The van der Waals surface area contributed by atoms with Crippen LogP contribution in [-0.2, 0) is 11.4 Å². The van der Waals surface area contributed by atoms with E-state index in [0.717, 1.165) is 27.9 Å². The van der Waals surface area contributed by atoms with E-state index in [1.807, 2.05) is 66.7 Å². The van der Waals surface area contributed by atoms with Gasteiger partial charge in [0.05, 0.1) is 5.52 Å². The summed E-state index contributed by atoms with van der Waals surface area (Å²) in [5, 5.41) is 6.84. The molecule has 1 heterocycles. The van der Waals surface area contributed by atoms with E-state index in [1.54, 1.807) is 13.0 Å². The Hall–Kier alpha value is -4.37. The van der Waals surface area contributed by atoms with Gasteiger partial charge in [0.1, 0.15) is 24.5 Å². The van der Waals surface area contributed by atoms with E-state index in [2.05, 4.69) is 32.4 Å². The van der Waals surface area contributed by atoms with Gasteiger partial charge in [0, 0.05) is 16.8 Å². The number of rotatable bonds is 6. The van der Waals surface area contributed by atoms with Crippen molar-refractivity contribution in [3.8, 4) is 17.6 Å². The number of benzene rings is 3. The minimum atomic E-state index is -0.362. The van der Waals surface area contributed by atoms with Crippen LogP contribution in [0.5, 0.6) is 5.75 Å². The zero-order chi connectivity index (χ0) is 21.5. The number of amides is 1. The van der Waals surface area contributed by atoms with Crippen molar-refractivity contribution in [1.82, 2.24) is 9.97 Å². The second-order valence-electron chi connectivity index (χ2n) is 6.71. The van der Waals surface area contributed by atoms with Crippen LogP contribution in [0.4, 0.5) is 17.2 Å². The molecule has 2 N–H and O–H groups in total. The summed E-state index contributed by atoms with van der Waals surface area (Å²) in [4.78, 5) is 20.4. The van der Waals surface area contributed by atoms with Crippen LogP contribution in [0.1, 0.15) is 12.5 Å². The van der Waals surface area contributed by atoms with E-state index in [1.165, 1.54) is 6.33 Å². The number of carbonyl (C=O) groups is 1. The van der Waals surface area contributed by atoms with Crippen LogP contribution in [0, 0.1) is 11.8 Å². The molecule has 6 nitrogen and oxygen atoms in total. The van der Waals surface area contributed by atoms with E-state index >= 15 is 0 Å². The number of anilines is 3. The van der Waals surface area contributed by atoms with Gasteiger partial charge in [-0.2, -0.15) is 0 Å². The number of ether oxygens (including phenoxy) is 1. The van der Waals surface area contributed by atoms with Crippen LogP contribution in [-0.4, -0.2) is 15.9 Å². The van der Waals surface area contributed by atoms with Gasteiger partial charge >= 0.3 is 0 Å². The first kappa shape index (κ1) is 19.9. The average molecular weight is 408 g/mol. The standard InChI is InChI=1S/C25H20N4O2/c1-2-6-24(30)28-20-11-14-23-22(15-20)25(27-17-26-23)29-19-9-12-21(13-10-19)31-16-18-7-4-3-5-8-18/h3-5,7-15,17H,16H2,1H3,(H,28,30)(H,26,27,29). The molecule has 0 fully saturated rings. The molecule has 6 heteroatoms. The summed E-state index contributed by atoms with van der Waals surface area (Å²) in [5.74, 6) is 6.11. The van der Waals surface area contributed by atoms with Crippen molar-refractivity contribution in [2.24, 2.45) is 0 Å². The first-order valence-electron chi connectivity index (χ1n) is 9.73. The van der Waals surface area contributed by atoms with Gasteiger partial charge in [-0.05, 0) is 60.9 Å². The van der Waals surface area contributed by atoms with Gasteiger partial charge in [0.2, 0.25) is 0 Å². The van der Waals surface area contributed by atoms with Crippen LogP contribution >= 0.6 is 0 Å². The topological polar surface area (TPSA) is 76.1 Å². The first-order chi connectivity index (χ1) is 15.2. The Morgan fingerprint density at radius 1 is 0.968 bits per heavy atom. The van der Waals surface area contributed by atoms with Crippen LogP contribution in [0.3, 0.4) is 0 Å². The monoisotopic (exact) mass is 408 g/mol. The van der Waals surface area contributed by atoms with Crippen molar-refractivity contribution in [3.05, 3.63) is 84.7 Å². The lowest BCUT2D eigenvalue weighted by Gasteiger charge is -2.11. The Morgan fingerprint density at radius 2 is 1.74 bits per heavy atom. The molecule has 0 aliphatic carbocycles. The third-order valence-corrected chi connectivity index (χ3v) is 4.50. The van der Waals surface area contributed by atoms with Crippen LogP contribution < -0.4 is 15.4 Å². The van der Waals surface area contributed by atoms with Crippen molar-refractivity contribution in [3.63, 3.8) is 0 Å². The van der Waals surface area contributed by atoms with Crippen LogP contribution in [0.2, 0.25) is 0 Å². The Labute approximate surface area is 180 Å². The second kappa shape index (κ2) is 9.42. The van der Waals surface area contributed by atoms with Gasteiger partial charge in [-0.25, -0.2) is 9.97 Å². The van der Waals surface area contributed by atoms with E-state index in [0.29, 0.717) is 18.1 Å². The van der Waals surface area contributed by atoms with Crippen LogP contribution in [0.15, 0.2) is 79.1 Å². The molecule has 0 atom stereocenters. The summed E-state index contributed by atoms with van der Waals surface area (Å²) in [6.07, 6.45) is 1.50. The summed E-state index contributed by atoms with van der Waals surface area (Å²) in [6.45, 7) is 2.13. The number of hydrogen-bond donors (Lipinski definition) is 2. The molecule has 31 heavy (non-hydrogen) atoms. The molecule has 4 aromatic rings. The number of hydrogen-bond acceptors (Lipinski definition) is 5. The van der Waals surface area contributed by atoms with Gasteiger partial charge in [-0.15, -0.1) is 0 Å². The van der Waals surface area contributed by atoms with Gasteiger partial charge in [0.15, 0.2) is 0 Å². The average Bonchev–Trinajstić information content (AvgIpc) is 2.80. The molecule has 0 spiro atoms. The van der Waals surface area contributed by atoms with E-state index in [9.17, 15) is 4.79 Å². The van der Waals surface area contributed by atoms with Gasteiger partial charge in [0.25, 0.3) is 5.91 Å². The molecule has 0 aliphatic rings. The fourth-order valence-corrected chi connectivity index (χ4v) is 3.02. The molecular weight excluding hydrogens is 388 g/mol. The molecular formula is C25H20N4O2. The number of nitrogens with zero attached hydrogens (tertiary/aromatic N) is 2. The zero-order valence-electron chi connectivity index (χ0n) is 16.9. The molecule has 0 radical (unpaired) electrons. The minimum Gasteiger partial charge on any atom is -0.489 e. The minimum absolute atomic E-state index is 0.362. The van der Waals surface area contributed by atoms with Crippen molar-refractivity contribution in [1.29, 1.82) is 0 Å². The number of aromatic nitrogens is 2. The highest BCUT2D eigenvalue weighted by atomic mass is 16.5. The third kappa shape index (κ3) is 5.17. The van der Waals surface area contributed by atoms with Gasteiger partial charge < -0.3 is 15.4 Å². The molecule has 4 rings (SSSR count). The molecule has 0 aliphatic heterocycles. The number of carbonyl (C=O) groups excluding carboxylic acids is 1. The van der Waals surface area contributed by atoms with Crippen molar-refractivity contribution in [2.75, 3.05) is 10.6 Å². The molecule has 1 amide bonds. The lowest BCUT2D eigenvalue weighted by atomic mass is 10.2.